The van der Waals surface area contributed by atoms with E-state index >= 15 is 0 Å². The molecule has 0 unspecified atom stereocenters. The minimum atomic E-state index is -3.46. The Morgan fingerprint density at radius 2 is 1.57 bits per heavy atom. The summed E-state index contributed by atoms with van der Waals surface area (Å²) < 4.78 is 25.1. The van der Waals surface area contributed by atoms with Gasteiger partial charge in [0.15, 0.2) is 0 Å². The molecule has 0 aliphatic heterocycles. The Bertz CT molecular complexity index is 769. The predicted octanol–water partition coefficient (Wildman–Crippen LogP) is 2.68. The van der Waals surface area contributed by atoms with Crippen LogP contribution in [0.2, 0.25) is 0 Å². The van der Waals surface area contributed by atoms with Crippen molar-refractivity contribution >= 4 is 21.6 Å². The van der Waals surface area contributed by atoms with E-state index in [1.165, 1.54) is 26.2 Å². The number of hydrogen-bond donors (Lipinski definition) is 1. The van der Waals surface area contributed by atoms with Gasteiger partial charge >= 0.3 is 0 Å². The molecule has 0 bridgehead atoms. The fraction of sp³-hybridized carbons (Fsp3) is 0.235. The van der Waals surface area contributed by atoms with Crippen LogP contribution in [-0.4, -0.2) is 32.7 Å². The van der Waals surface area contributed by atoms with Gasteiger partial charge in [-0.05, 0) is 36.8 Å². The van der Waals surface area contributed by atoms with Gasteiger partial charge < -0.3 is 5.32 Å². The highest BCUT2D eigenvalue weighted by Crippen LogP contribution is 2.20. The minimum Gasteiger partial charge on any atom is -0.326 e. The van der Waals surface area contributed by atoms with Gasteiger partial charge in [0, 0.05) is 19.8 Å². The van der Waals surface area contributed by atoms with E-state index in [9.17, 15) is 13.2 Å². The molecular formula is C17H20N2O3S. The molecule has 2 aromatic carbocycles. The van der Waals surface area contributed by atoms with Crippen molar-refractivity contribution in [1.29, 1.82) is 0 Å². The molecule has 6 heteroatoms. The van der Waals surface area contributed by atoms with E-state index in [4.69, 9.17) is 0 Å². The predicted molar refractivity (Wildman–Crippen MR) is 90.8 cm³/mol. The first kappa shape index (κ1) is 17.2. The van der Waals surface area contributed by atoms with E-state index in [1.807, 2.05) is 37.3 Å². The van der Waals surface area contributed by atoms with Crippen molar-refractivity contribution in [3.63, 3.8) is 0 Å². The molecule has 2 rings (SSSR count). The number of benzene rings is 2. The standard InChI is InChI=1S/C17H20N2O3S/c1-13(14-7-5-4-6-8-14)17(20)18-15-9-11-16(12-10-15)23(21,22)19(2)3/h4-13H,1-3H3,(H,18,20)/t13-/m0/s1. The second-order valence-electron chi connectivity index (χ2n) is 5.43. The van der Waals surface area contributed by atoms with Gasteiger partial charge in [0.1, 0.15) is 0 Å². The van der Waals surface area contributed by atoms with Crippen LogP contribution in [0.3, 0.4) is 0 Å². The minimum absolute atomic E-state index is 0.139. The van der Waals surface area contributed by atoms with Crippen LogP contribution in [0, 0.1) is 0 Å². The Hall–Kier alpha value is -2.18. The number of hydrogen-bond acceptors (Lipinski definition) is 3. The molecular weight excluding hydrogens is 312 g/mol. The van der Waals surface area contributed by atoms with Crippen molar-refractivity contribution in [2.45, 2.75) is 17.7 Å². The first-order valence-electron chi connectivity index (χ1n) is 7.21. The zero-order valence-corrected chi connectivity index (χ0v) is 14.2. The highest BCUT2D eigenvalue weighted by atomic mass is 32.2. The molecule has 122 valence electrons. The molecule has 0 aliphatic rings. The summed E-state index contributed by atoms with van der Waals surface area (Å²) in [6.45, 7) is 1.83. The number of nitrogens with one attached hydrogen (secondary N) is 1. The van der Waals surface area contributed by atoms with Crippen LogP contribution in [0.15, 0.2) is 59.5 Å². The van der Waals surface area contributed by atoms with Crippen molar-refractivity contribution in [3.05, 3.63) is 60.2 Å². The first-order chi connectivity index (χ1) is 10.8. The summed E-state index contributed by atoms with van der Waals surface area (Å²) in [5, 5.41) is 2.80. The maximum Gasteiger partial charge on any atom is 0.242 e. The number of sulfonamides is 1. The lowest BCUT2D eigenvalue weighted by atomic mass is 10.0. The van der Waals surface area contributed by atoms with Crippen LogP contribution in [0.4, 0.5) is 5.69 Å². The molecule has 0 fully saturated rings. The summed E-state index contributed by atoms with van der Waals surface area (Å²) >= 11 is 0. The quantitative estimate of drug-likeness (QED) is 0.915. The molecule has 0 spiro atoms. The number of rotatable bonds is 5. The van der Waals surface area contributed by atoms with Crippen LogP contribution in [-0.2, 0) is 14.8 Å². The molecule has 1 amide bonds. The van der Waals surface area contributed by atoms with Crippen molar-refractivity contribution < 1.29 is 13.2 Å². The molecule has 0 saturated carbocycles. The van der Waals surface area contributed by atoms with Gasteiger partial charge in [-0.25, -0.2) is 12.7 Å². The van der Waals surface area contributed by atoms with Crippen molar-refractivity contribution in [2.24, 2.45) is 0 Å². The van der Waals surface area contributed by atoms with E-state index in [2.05, 4.69) is 5.32 Å². The molecule has 0 aromatic heterocycles. The Labute approximate surface area is 137 Å². The van der Waals surface area contributed by atoms with Crippen LogP contribution in [0.25, 0.3) is 0 Å². The van der Waals surface area contributed by atoms with Crippen LogP contribution in [0.1, 0.15) is 18.4 Å². The number of carbonyl (C=O) groups excluding carboxylic acids is 1. The van der Waals surface area contributed by atoms with E-state index in [0.29, 0.717) is 5.69 Å². The molecule has 0 aliphatic carbocycles. The molecule has 23 heavy (non-hydrogen) atoms. The largest absolute Gasteiger partial charge is 0.326 e. The smallest absolute Gasteiger partial charge is 0.242 e. The maximum atomic E-state index is 12.3. The molecule has 0 radical (unpaired) electrons. The summed E-state index contributed by atoms with van der Waals surface area (Å²) in [5.41, 5.74) is 1.49. The average molecular weight is 332 g/mol. The highest BCUT2D eigenvalue weighted by Gasteiger charge is 2.18. The molecule has 0 saturated heterocycles. The number of anilines is 1. The monoisotopic (exact) mass is 332 g/mol. The van der Waals surface area contributed by atoms with Crippen molar-refractivity contribution in [1.82, 2.24) is 4.31 Å². The fourth-order valence-electron chi connectivity index (χ4n) is 2.06. The van der Waals surface area contributed by atoms with Gasteiger partial charge in [-0.15, -0.1) is 0 Å². The lowest BCUT2D eigenvalue weighted by Gasteiger charge is -2.14. The van der Waals surface area contributed by atoms with E-state index in [1.54, 1.807) is 12.1 Å². The molecule has 5 nitrogen and oxygen atoms in total. The average Bonchev–Trinajstić information content (AvgIpc) is 2.55. The van der Waals surface area contributed by atoms with Crippen LogP contribution < -0.4 is 5.32 Å². The second kappa shape index (κ2) is 6.93. The maximum absolute atomic E-state index is 12.3. The second-order valence-corrected chi connectivity index (χ2v) is 7.59. The number of amides is 1. The Balaban J connectivity index is 2.11. The third kappa shape index (κ3) is 3.97. The van der Waals surface area contributed by atoms with Gasteiger partial charge in [0.25, 0.3) is 0 Å². The Kier molecular flexibility index (Phi) is 5.18. The van der Waals surface area contributed by atoms with Gasteiger partial charge in [-0.3, -0.25) is 4.79 Å². The molecule has 1 N–H and O–H groups in total. The van der Waals surface area contributed by atoms with Gasteiger partial charge in [-0.2, -0.15) is 0 Å². The molecule has 2 aromatic rings. The van der Waals surface area contributed by atoms with Gasteiger partial charge in [0.2, 0.25) is 15.9 Å². The van der Waals surface area contributed by atoms with Crippen molar-refractivity contribution in [2.75, 3.05) is 19.4 Å². The van der Waals surface area contributed by atoms with E-state index < -0.39 is 10.0 Å². The zero-order chi connectivity index (χ0) is 17.0. The summed E-state index contributed by atoms with van der Waals surface area (Å²) in [5.74, 6) is -0.430. The third-order valence-electron chi connectivity index (χ3n) is 3.59. The SMILES string of the molecule is C[C@H](C(=O)Nc1ccc(S(=O)(=O)N(C)C)cc1)c1ccccc1. The van der Waals surface area contributed by atoms with Crippen molar-refractivity contribution in [3.8, 4) is 0 Å². The Morgan fingerprint density at radius 1 is 1.00 bits per heavy atom. The first-order valence-corrected chi connectivity index (χ1v) is 8.65. The number of carbonyl (C=O) groups is 1. The van der Waals surface area contributed by atoms with E-state index in [0.717, 1.165) is 9.87 Å². The fourth-order valence-corrected chi connectivity index (χ4v) is 2.97. The summed E-state index contributed by atoms with van der Waals surface area (Å²) in [6, 6.07) is 15.6. The molecule has 0 heterocycles. The summed E-state index contributed by atoms with van der Waals surface area (Å²) in [4.78, 5) is 12.5. The lowest BCUT2D eigenvalue weighted by Crippen LogP contribution is -2.22. The third-order valence-corrected chi connectivity index (χ3v) is 5.42. The summed E-state index contributed by atoms with van der Waals surface area (Å²) in [6.07, 6.45) is 0. The zero-order valence-electron chi connectivity index (χ0n) is 13.4. The topological polar surface area (TPSA) is 66.5 Å². The van der Waals surface area contributed by atoms with Gasteiger partial charge in [-0.1, -0.05) is 30.3 Å². The van der Waals surface area contributed by atoms with E-state index in [-0.39, 0.29) is 16.7 Å². The lowest BCUT2D eigenvalue weighted by molar-refractivity contribution is -0.117. The summed E-state index contributed by atoms with van der Waals surface area (Å²) in [7, 11) is -0.503. The normalized spacial score (nSPS) is 12.9. The van der Waals surface area contributed by atoms with Gasteiger partial charge in [0.05, 0.1) is 10.8 Å². The number of nitrogens with zero attached hydrogens (tertiary/aromatic N) is 1. The molecule has 1 atom stereocenters. The Morgan fingerprint density at radius 3 is 2.09 bits per heavy atom. The highest BCUT2D eigenvalue weighted by molar-refractivity contribution is 7.89. The van der Waals surface area contributed by atoms with Crippen LogP contribution >= 0.6 is 0 Å². The van der Waals surface area contributed by atoms with Crippen LogP contribution in [0.5, 0.6) is 0 Å².